The lowest BCUT2D eigenvalue weighted by Crippen LogP contribution is -2.09. The van der Waals surface area contributed by atoms with Crippen molar-refractivity contribution in [1.82, 2.24) is 4.98 Å². The number of phenolic OH excluding ortho intramolecular Hbond substituents is 1. The van der Waals surface area contributed by atoms with Crippen LogP contribution < -0.4 is 0 Å². The van der Waals surface area contributed by atoms with Crippen LogP contribution in [0.2, 0.25) is 0 Å². The first kappa shape index (κ1) is 14.2. The first-order chi connectivity index (χ1) is 9.52. The number of ether oxygens (including phenoxy) is 1. The van der Waals surface area contributed by atoms with Crippen molar-refractivity contribution in [2.24, 2.45) is 0 Å². The van der Waals surface area contributed by atoms with E-state index in [-0.39, 0.29) is 28.7 Å². The third kappa shape index (κ3) is 2.85. The number of carbonyl (C=O) groups is 2. The molecule has 6 heteroatoms. The zero-order chi connectivity index (χ0) is 14.7. The third-order valence-corrected chi connectivity index (χ3v) is 3.74. The first-order valence-corrected chi connectivity index (χ1v) is 6.83. The Bertz CT molecular complexity index is 646. The Kier molecular flexibility index (Phi) is 4.14. The largest absolute Gasteiger partial charge is 0.508 e. The topological polar surface area (TPSA) is 76.5 Å². The van der Waals surface area contributed by atoms with Crippen molar-refractivity contribution in [3.63, 3.8) is 0 Å². The van der Waals surface area contributed by atoms with Crippen molar-refractivity contribution in [2.45, 2.75) is 13.8 Å². The van der Waals surface area contributed by atoms with Gasteiger partial charge in [0.15, 0.2) is 11.5 Å². The van der Waals surface area contributed by atoms with E-state index in [9.17, 15) is 14.7 Å². The Balaban J connectivity index is 2.46. The van der Waals surface area contributed by atoms with Gasteiger partial charge in [-0.25, -0.2) is 9.78 Å². The second kappa shape index (κ2) is 5.83. The number of nitrogens with zero attached hydrogens (tertiary/aromatic N) is 1. The van der Waals surface area contributed by atoms with E-state index in [0.717, 1.165) is 16.9 Å². The molecule has 0 fully saturated rings. The van der Waals surface area contributed by atoms with E-state index < -0.39 is 5.97 Å². The summed E-state index contributed by atoms with van der Waals surface area (Å²) in [6.07, 6.45) is 0. The lowest BCUT2D eigenvalue weighted by molar-refractivity contribution is 0.0517. The molecule has 0 aliphatic rings. The molecule has 0 radical (unpaired) electrons. The van der Waals surface area contributed by atoms with Crippen molar-refractivity contribution in [3.05, 3.63) is 34.8 Å². The van der Waals surface area contributed by atoms with Crippen LogP contribution in [-0.2, 0) is 4.74 Å². The number of rotatable bonds is 4. The third-order valence-electron chi connectivity index (χ3n) is 2.53. The predicted molar refractivity (Wildman–Crippen MR) is 75.2 cm³/mol. The van der Waals surface area contributed by atoms with Crippen molar-refractivity contribution >= 4 is 23.1 Å². The number of Topliss-reactive ketones (excluding diaryl/α,β-unsaturated/α-hetero) is 1. The number of esters is 1. The molecule has 0 amide bonds. The number of aromatic nitrogens is 1. The van der Waals surface area contributed by atoms with Gasteiger partial charge in [-0.15, -0.1) is 11.3 Å². The SMILES string of the molecule is CCOC(=O)c1nc(-c2ccc(O)cc2)sc1C(C)=O. The highest BCUT2D eigenvalue weighted by Crippen LogP contribution is 2.30. The zero-order valence-electron chi connectivity index (χ0n) is 11.0. The number of aromatic hydroxyl groups is 1. The van der Waals surface area contributed by atoms with Gasteiger partial charge in [0.2, 0.25) is 0 Å². The highest BCUT2D eigenvalue weighted by Gasteiger charge is 2.22. The van der Waals surface area contributed by atoms with Crippen LogP contribution in [0.4, 0.5) is 0 Å². The van der Waals surface area contributed by atoms with E-state index in [0.29, 0.717) is 5.01 Å². The molecule has 0 bridgehead atoms. The predicted octanol–water partition coefficient (Wildman–Crippen LogP) is 2.90. The van der Waals surface area contributed by atoms with Gasteiger partial charge < -0.3 is 9.84 Å². The van der Waals surface area contributed by atoms with Gasteiger partial charge in [-0.1, -0.05) is 0 Å². The summed E-state index contributed by atoms with van der Waals surface area (Å²) in [6, 6.07) is 6.39. The van der Waals surface area contributed by atoms with E-state index in [2.05, 4.69) is 4.98 Å². The van der Waals surface area contributed by atoms with E-state index in [1.165, 1.54) is 19.1 Å². The fourth-order valence-corrected chi connectivity index (χ4v) is 2.58. The summed E-state index contributed by atoms with van der Waals surface area (Å²) in [4.78, 5) is 27.9. The van der Waals surface area contributed by atoms with Gasteiger partial charge in [-0.3, -0.25) is 4.79 Å². The number of hydrogen-bond acceptors (Lipinski definition) is 6. The molecule has 20 heavy (non-hydrogen) atoms. The standard InChI is InChI=1S/C14H13NO4S/c1-3-19-14(18)11-12(8(2)16)20-13(15-11)9-4-6-10(17)7-5-9/h4-7,17H,3H2,1-2H3. The zero-order valence-corrected chi connectivity index (χ0v) is 11.9. The summed E-state index contributed by atoms with van der Waals surface area (Å²) < 4.78 is 4.90. The smallest absolute Gasteiger partial charge is 0.358 e. The van der Waals surface area contributed by atoms with Gasteiger partial charge in [0, 0.05) is 12.5 Å². The van der Waals surface area contributed by atoms with E-state index in [1.54, 1.807) is 19.1 Å². The first-order valence-electron chi connectivity index (χ1n) is 6.01. The van der Waals surface area contributed by atoms with Crippen molar-refractivity contribution < 1.29 is 19.4 Å². The molecular formula is C14H13NO4S. The van der Waals surface area contributed by atoms with Crippen LogP contribution in [0.15, 0.2) is 24.3 Å². The average Bonchev–Trinajstić information content (AvgIpc) is 2.85. The minimum atomic E-state index is -0.598. The summed E-state index contributed by atoms with van der Waals surface area (Å²) in [5.41, 5.74) is 0.776. The number of benzene rings is 1. The lowest BCUT2D eigenvalue weighted by atomic mass is 10.2. The van der Waals surface area contributed by atoms with Gasteiger partial charge >= 0.3 is 5.97 Å². The molecule has 0 unspecified atom stereocenters. The van der Waals surface area contributed by atoms with Crippen LogP contribution in [0.25, 0.3) is 10.6 Å². The normalized spacial score (nSPS) is 10.3. The second-order valence-electron chi connectivity index (χ2n) is 4.02. The number of hydrogen-bond donors (Lipinski definition) is 1. The van der Waals surface area contributed by atoms with Crippen LogP contribution in [0.3, 0.4) is 0 Å². The van der Waals surface area contributed by atoms with Crippen LogP contribution in [-0.4, -0.2) is 28.4 Å². The molecule has 0 aliphatic carbocycles. The molecule has 104 valence electrons. The maximum atomic E-state index is 11.8. The molecule has 2 rings (SSSR count). The van der Waals surface area contributed by atoms with Crippen LogP contribution in [0.1, 0.15) is 34.0 Å². The molecule has 5 nitrogen and oxygen atoms in total. The molecule has 1 aromatic heterocycles. The van der Waals surface area contributed by atoms with Crippen molar-refractivity contribution in [3.8, 4) is 16.3 Å². The second-order valence-corrected chi connectivity index (χ2v) is 5.02. The van der Waals surface area contributed by atoms with Gasteiger partial charge in [0.25, 0.3) is 0 Å². The molecule has 1 aromatic carbocycles. The summed E-state index contributed by atoms with van der Waals surface area (Å²) in [5.74, 6) is -0.683. The Morgan fingerprint density at radius 2 is 1.95 bits per heavy atom. The Labute approximate surface area is 119 Å². The molecular weight excluding hydrogens is 278 g/mol. The summed E-state index contributed by atoms with van der Waals surface area (Å²) in [5, 5.41) is 9.80. The molecule has 0 saturated heterocycles. The van der Waals surface area contributed by atoms with Crippen LogP contribution in [0.5, 0.6) is 5.75 Å². The minimum Gasteiger partial charge on any atom is -0.508 e. The Morgan fingerprint density at radius 1 is 1.30 bits per heavy atom. The fourth-order valence-electron chi connectivity index (χ4n) is 1.62. The molecule has 0 atom stereocenters. The monoisotopic (exact) mass is 291 g/mol. The molecule has 1 N–H and O–H groups in total. The van der Waals surface area contributed by atoms with Gasteiger partial charge in [0.1, 0.15) is 15.6 Å². The quantitative estimate of drug-likeness (QED) is 0.692. The maximum Gasteiger partial charge on any atom is 0.358 e. The van der Waals surface area contributed by atoms with E-state index in [1.807, 2.05) is 0 Å². The highest BCUT2D eigenvalue weighted by molar-refractivity contribution is 7.17. The van der Waals surface area contributed by atoms with Gasteiger partial charge in [-0.05, 0) is 31.2 Å². The van der Waals surface area contributed by atoms with Crippen molar-refractivity contribution in [2.75, 3.05) is 6.61 Å². The fraction of sp³-hybridized carbons (Fsp3) is 0.214. The molecule has 0 aliphatic heterocycles. The maximum absolute atomic E-state index is 11.8. The molecule has 2 aromatic rings. The molecule has 0 spiro atoms. The number of carbonyl (C=O) groups excluding carboxylic acids is 2. The van der Waals surface area contributed by atoms with E-state index in [4.69, 9.17) is 4.74 Å². The molecule has 1 heterocycles. The number of phenols is 1. The van der Waals surface area contributed by atoms with Gasteiger partial charge in [-0.2, -0.15) is 0 Å². The van der Waals surface area contributed by atoms with Gasteiger partial charge in [0.05, 0.1) is 6.61 Å². The summed E-state index contributed by atoms with van der Waals surface area (Å²) in [6.45, 7) is 3.30. The lowest BCUT2D eigenvalue weighted by Gasteiger charge is -1.99. The average molecular weight is 291 g/mol. The van der Waals surface area contributed by atoms with Crippen LogP contribution >= 0.6 is 11.3 Å². The van der Waals surface area contributed by atoms with E-state index >= 15 is 0 Å². The number of ketones is 1. The minimum absolute atomic E-state index is 0.0485. The summed E-state index contributed by atoms with van der Waals surface area (Å²) in [7, 11) is 0. The Hall–Kier alpha value is -2.21. The molecule has 0 saturated carbocycles. The van der Waals surface area contributed by atoms with Crippen molar-refractivity contribution in [1.29, 1.82) is 0 Å². The van der Waals surface area contributed by atoms with Crippen LogP contribution in [0, 0.1) is 0 Å². The summed E-state index contributed by atoms with van der Waals surface area (Å²) >= 11 is 1.14. The highest BCUT2D eigenvalue weighted by atomic mass is 32.1. The number of thiazole rings is 1. The Morgan fingerprint density at radius 3 is 2.50 bits per heavy atom.